The van der Waals surface area contributed by atoms with Crippen molar-refractivity contribution in [2.75, 3.05) is 31.6 Å². The van der Waals surface area contributed by atoms with Crippen LogP contribution >= 0.6 is 0 Å². The highest BCUT2D eigenvalue weighted by Crippen LogP contribution is 2.27. The van der Waals surface area contributed by atoms with Gasteiger partial charge in [0.05, 0.1) is 12.3 Å². The summed E-state index contributed by atoms with van der Waals surface area (Å²) in [5.41, 5.74) is 1.85. The van der Waals surface area contributed by atoms with Crippen molar-refractivity contribution in [2.24, 2.45) is 0 Å². The van der Waals surface area contributed by atoms with Gasteiger partial charge < -0.3 is 19.8 Å². The van der Waals surface area contributed by atoms with Crippen molar-refractivity contribution in [1.82, 2.24) is 10.2 Å². The summed E-state index contributed by atoms with van der Waals surface area (Å²) >= 11 is 0. The normalized spacial score (nSPS) is 17.9. The molecule has 3 heterocycles. The first-order chi connectivity index (χ1) is 14.2. The molecule has 154 valence electrons. The van der Waals surface area contributed by atoms with Crippen molar-refractivity contribution in [3.05, 3.63) is 47.9 Å². The fraction of sp³-hybridized carbons (Fsp3) is 0.455. The summed E-state index contributed by atoms with van der Waals surface area (Å²) < 4.78 is 11.3. The minimum atomic E-state index is -0.162. The molecular weight excluding hydrogens is 370 g/mol. The summed E-state index contributed by atoms with van der Waals surface area (Å²) in [7, 11) is 0. The van der Waals surface area contributed by atoms with Gasteiger partial charge in [-0.05, 0) is 68.2 Å². The number of furan rings is 1. The number of ether oxygens (including phenoxy) is 1. The molecule has 1 saturated heterocycles. The number of piperidine rings is 1. The van der Waals surface area contributed by atoms with E-state index in [0.717, 1.165) is 30.1 Å². The number of nitrogens with one attached hydrogen (secondary N) is 2. The van der Waals surface area contributed by atoms with Crippen LogP contribution in [0.1, 0.15) is 43.0 Å². The largest absolute Gasteiger partial charge is 0.484 e. The van der Waals surface area contributed by atoms with Crippen LogP contribution in [0.15, 0.2) is 41.0 Å². The SMILES string of the molecule is O=C(COc1ccc2c(c1)CCC(=O)N2)NCC(c1ccco1)N1CCCCC1. The molecule has 0 bridgehead atoms. The number of carbonyl (C=O) groups is 2. The van der Waals surface area contributed by atoms with Crippen molar-refractivity contribution >= 4 is 17.5 Å². The lowest BCUT2D eigenvalue weighted by molar-refractivity contribution is -0.123. The molecule has 2 aliphatic rings. The van der Waals surface area contributed by atoms with E-state index in [-0.39, 0.29) is 24.5 Å². The molecule has 29 heavy (non-hydrogen) atoms. The second-order valence-electron chi connectivity index (χ2n) is 7.59. The molecule has 1 aromatic heterocycles. The molecule has 0 saturated carbocycles. The third-order valence-electron chi connectivity index (χ3n) is 5.54. The minimum absolute atomic E-state index is 0.0327. The van der Waals surface area contributed by atoms with E-state index >= 15 is 0 Å². The summed E-state index contributed by atoms with van der Waals surface area (Å²) in [6.07, 6.45) is 6.44. The van der Waals surface area contributed by atoms with Gasteiger partial charge in [0.2, 0.25) is 5.91 Å². The molecule has 2 amide bonds. The van der Waals surface area contributed by atoms with Gasteiger partial charge in [0.1, 0.15) is 11.5 Å². The number of rotatable bonds is 7. The zero-order valence-electron chi connectivity index (χ0n) is 16.5. The van der Waals surface area contributed by atoms with Gasteiger partial charge in [0.25, 0.3) is 5.91 Å². The first kappa shape index (κ1) is 19.5. The predicted octanol–water partition coefficient (Wildman–Crippen LogP) is 2.89. The van der Waals surface area contributed by atoms with Gasteiger partial charge in [-0.3, -0.25) is 14.5 Å². The van der Waals surface area contributed by atoms with E-state index in [1.165, 1.54) is 19.3 Å². The number of hydrogen-bond acceptors (Lipinski definition) is 5. The standard InChI is InChI=1S/C22H27N3O4/c26-21-9-6-16-13-17(7-8-18(16)24-21)29-15-22(27)23-14-19(20-5-4-12-28-20)25-10-2-1-3-11-25/h4-5,7-8,12-13,19H,1-3,6,9-11,14-15H2,(H,23,27)(H,24,26). The molecule has 1 fully saturated rings. The molecule has 7 heteroatoms. The van der Waals surface area contributed by atoms with E-state index in [2.05, 4.69) is 15.5 Å². The molecular formula is C22H27N3O4. The Balaban J connectivity index is 1.30. The molecule has 2 N–H and O–H groups in total. The van der Waals surface area contributed by atoms with Crippen LogP contribution in [-0.4, -0.2) is 43.0 Å². The highest BCUT2D eigenvalue weighted by molar-refractivity contribution is 5.94. The molecule has 0 radical (unpaired) electrons. The molecule has 7 nitrogen and oxygen atoms in total. The predicted molar refractivity (Wildman–Crippen MR) is 109 cm³/mol. The van der Waals surface area contributed by atoms with Gasteiger partial charge in [-0.1, -0.05) is 6.42 Å². The molecule has 2 aromatic rings. The van der Waals surface area contributed by atoms with Crippen molar-refractivity contribution in [3.8, 4) is 5.75 Å². The van der Waals surface area contributed by atoms with Gasteiger partial charge in [-0.15, -0.1) is 0 Å². The van der Waals surface area contributed by atoms with Crippen LogP contribution in [0, 0.1) is 0 Å². The Hall–Kier alpha value is -2.80. The van der Waals surface area contributed by atoms with Crippen LogP contribution < -0.4 is 15.4 Å². The van der Waals surface area contributed by atoms with E-state index in [4.69, 9.17) is 9.15 Å². The average Bonchev–Trinajstić information content (AvgIpc) is 3.27. The maximum absolute atomic E-state index is 12.4. The van der Waals surface area contributed by atoms with Gasteiger partial charge in [-0.25, -0.2) is 0 Å². The van der Waals surface area contributed by atoms with E-state index in [0.29, 0.717) is 25.1 Å². The lowest BCUT2D eigenvalue weighted by Gasteiger charge is -2.33. The second kappa shape index (κ2) is 9.13. The van der Waals surface area contributed by atoms with Crippen LogP contribution in [0.3, 0.4) is 0 Å². The van der Waals surface area contributed by atoms with Crippen LogP contribution in [0.25, 0.3) is 0 Å². The van der Waals surface area contributed by atoms with Gasteiger partial charge in [0.15, 0.2) is 6.61 Å². The number of likely N-dealkylation sites (tertiary alicyclic amines) is 1. The molecule has 0 aliphatic carbocycles. The van der Waals surface area contributed by atoms with Crippen molar-refractivity contribution < 1.29 is 18.7 Å². The van der Waals surface area contributed by atoms with Gasteiger partial charge in [-0.2, -0.15) is 0 Å². The van der Waals surface area contributed by atoms with E-state index in [1.807, 2.05) is 24.3 Å². The Morgan fingerprint density at radius 3 is 2.86 bits per heavy atom. The number of carbonyl (C=O) groups excluding carboxylic acids is 2. The first-order valence-corrected chi connectivity index (χ1v) is 10.3. The number of anilines is 1. The number of benzene rings is 1. The molecule has 4 rings (SSSR count). The van der Waals surface area contributed by atoms with Crippen molar-refractivity contribution in [3.63, 3.8) is 0 Å². The lowest BCUT2D eigenvalue weighted by atomic mass is 10.0. The maximum Gasteiger partial charge on any atom is 0.258 e. The third-order valence-corrected chi connectivity index (χ3v) is 5.54. The van der Waals surface area contributed by atoms with Crippen LogP contribution in [0.5, 0.6) is 5.75 Å². The quantitative estimate of drug-likeness (QED) is 0.751. The average molecular weight is 397 g/mol. The summed E-state index contributed by atoms with van der Waals surface area (Å²) in [4.78, 5) is 26.2. The monoisotopic (exact) mass is 397 g/mol. The van der Waals surface area contributed by atoms with Gasteiger partial charge in [0, 0.05) is 18.7 Å². The van der Waals surface area contributed by atoms with Crippen LogP contribution in [0.4, 0.5) is 5.69 Å². The summed E-state index contributed by atoms with van der Waals surface area (Å²) in [5.74, 6) is 1.38. The van der Waals surface area contributed by atoms with Crippen LogP contribution in [-0.2, 0) is 16.0 Å². The van der Waals surface area contributed by atoms with E-state index in [1.54, 1.807) is 12.3 Å². The van der Waals surface area contributed by atoms with Crippen LogP contribution in [0.2, 0.25) is 0 Å². The fourth-order valence-electron chi connectivity index (χ4n) is 3.98. The highest BCUT2D eigenvalue weighted by Gasteiger charge is 2.25. The number of fused-ring (bicyclic) bond motifs is 1. The number of nitrogens with zero attached hydrogens (tertiary/aromatic N) is 1. The summed E-state index contributed by atoms with van der Waals surface area (Å²) in [6.45, 7) is 2.48. The highest BCUT2D eigenvalue weighted by atomic mass is 16.5. The Morgan fingerprint density at radius 1 is 1.21 bits per heavy atom. The van der Waals surface area contributed by atoms with Crippen molar-refractivity contribution in [1.29, 1.82) is 0 Å². The molecule has 1 atom stereocenters. The van der Waals surface area contributed by atoms with E-state index < -0.39 is 0 Å². The third kappa shape index (κ3) is 4.98. The zero-order chi connectivity index (χ0) is 20.1. The number of amides is 2. The Kier molecular flexibility index (Phi) is 6.14. The minimum Gasteiger partial charge on any atom is -0.484 e. The molecule has 1 unspecified atom stereocenters. The molecule has 1 aromatic carbocycles. The zero-order valence-corrected chi connectivity index (χ0v) is 16.5. The second-order valence-corrected chi connectivity index (χ2v) is 7.59. The number of aryl methyl sites for hydroxylation is 1. The Bertz CT molecular complexity index is 844. The van der Waals surface area contributed by atoms with E-state index in [9.17, 15) is 9.59 Å². The summed E-state index contributed by atoms with van der Waals surface area (Å²) in [6, 6.07) is 9.38. The molecule has 2 aliphatic heterocycles. The topological polar surface area (TPSA) is 83.8 Å². The first-order valence-electron chi connectivity index (χ1n) is 10.3. The fourth-order valence-corrected chi connectivity index (χ4v) is 3.98. The number of hydrogen-bond donors (Lipinski definition) is 2. The Labute approximate surface area is 170 Å². The van der Waals surface area contributed by atoms with Crippen molar-refractivity contribution in [2.45, 2.75) is 38.1 Å². The Morgan fingerprint density at radius 2 is 2.07 bits per heavy atom. The smallest absolute Gasteiger partial charge is 0.258 e. The maximum atomic E-state index is 12.4. The molecule has 0 spiro atoms. The summed E-state index contributed by atoms with van der Waals surface area (Å²) in [5, 5.41) is 5.83. The van der Waals surface area contributed by atoms with Gasteiger partial charge >= 0.3 is 0 Å². The lowest BCUT2D eigenvalue weighted by Crippen LogP contribution is -2.41.